The number of aryl methyl sites for hydroxylation is 1. The van der Waals surface area contributed by atoms with Gasteiger partial charge in [-0.05, 0) is 120 Å². The van der Waals surface area contributed by atoms with E-state index in [2.05, 4.69) is 255 Å². The highest BCUT2D eigenvalue weighted by molar-refractivity contribution is 6.17. The molecule has 1 aromatic heterocycles. The Balaban J connectivity index is 0.938. The second-order valence-corrected chi connectivity index (χ2v) is 17.8. The molecule has 0 radical (unpaired) electrons. The molecule has 0 amide bonds. The van der Waals surface area contributed by atoms with Crippen LogP contribution in [0.25, 0.3) is 88.2 Å². The van der Waals surface area contributed by atoms with Crippen LogP contribution in [0, 0.1) is 0 Å². The highest BCUT2D eigenvalue weighted by atomic mass is 15.1. The number of rotatable bonds is 7. The largest absolute Gasteiger partial charge is 0.343 e. The van der Waals surface area contributed by atoms with Crippen molar-refractivity contribution in [1.29, 1.82) is 0 Å². The maximum atomic E-state index is 2.42. The van der Waals surface area contributed by atoms with Gasteiger partial charge in [-0.3, -0.25) is 0 Å². The van der Waals surface area contributed by atoms with Gasteiger partial charge >= 0.3 is 0 Å². The van der Waals surface area contributed by atoms with Crippen molar-refractivity contribution in [3.05, 3.63) is 236 Å². The first-order valence-corrected chi connectivity index (χ1v) is 22.3. The van der Waals surface area contributed by atoms with Crippen LogP contribution in [-0.2, 0) is 12.5 Å². The van der Waals surface area contributed by atoms with Crippen LogP contribution >= 0.6 is 0 Å². The van der Waals surface area contributed by atoms with Crippen molar-refractivity contribution in [3.63, 3.8) is 0 Å². The molecule has 0 N–H and O–H groups in total. The molecule has 2 nitrogen and oxygen atoms in total. The summed E-state index contributed by atoms with van der Waals surface area (Å²) in [6, 6.07) is 82.6. The summed E-state index contributed by atoms with van der Waals surface area (Å²) in [5.74, 6) is 0. The second kappa shape index (κ2) is 14.9. The molecule has 11 aromatic rings. The number of fused-ring (bicyclic) bond motifs is 7. The lowest BCUT2D eigenvalue weighted by Crippen LogP contribution is -2.16. The van der Waals surface area contributed by atoms with Crippen molar-refractivity contribution < 1.29 is 0 Å². The van der Waals surface area contributed by atoms with Crippen LogP contribution in [0.1, 0.15) is 25.0 Å². The van der Waals surface area contributed by atoms with Gasteiger partial charge in [-0.15, -0.1) is 0 Å². The quantitative estimate of drug-likeness (QED) is 0.156. The first kappa shape index (κ1) is 37.8. The lowest BCUT2D eigenvalue weighted by molar-refractivity contribution is 0.660. The van der Waals surface area contributed by atoms with E-state index in [4.69, 9.17) is 0 Å². The summed E-state index contributed by atoms with van der Waals surface area (Å²) >= 11 is 0. The average molecular weight is 819 g/mol. The van der Waals surface area contributed by atoms with Gasteiger partial charge in [0.05, 0.1) is 5.69 Å². The van der Waals surface area contributed by atoms with Crippen LogP contribution in [0.5, 0.6) is 0 Å². The maximum absolute atomic E-state index is 2.42. The summed E-state index contributed by atoms with van der Waals surface area (Å²) in [6.07, 6.45) is 0. The molecule has 1 aliphatic carbocycles. The smallest absolute Gasteiger partial charge is 0.0568 e. The highest BCUT2D eigenvalue weighted by Gasteiger charge is 2.35. The number of hydrogen-bond donors (Lipinski definition) is 0. The topological polar surface area (TPSA) is 8.17 Å². The van der Waals surface area contributed by atoms with E-state index in [0.29, 0.717) is 0 Å². The predicted octanol–water partition coefficient (Wildman–Crippen LogP) is 16.9. The van der Waals surface area contributed by atoms with Gasteiger partial charge in [-0.2, -0.15) is 0 Å². The summed E-state index contributed by atoms with van der Waals surface area (Å²) in [6.45, 7) is 4.71. The first-order valence-electron chi connectivity index (χ1n) is 22.3. The molecular weight excluding hydrogens is 773 g/mol. The van der Waals surface area contributed by atoms with E-state index in [9.17, 15) is 0 Å². The Labute approximate surface area is 375 Å². The molecule has 0 saturated carbocycles. The summed E-state index contributed by atoms with van der Waals surface area (Å²) in [4.78, 5) is 2.41. The fourth-order valence-electron chi connectivity index (χ4n) is 10.6. The maximum Gasteiger partial charge on any atom is 0.0568 e. The van der Waals surface area contributed by atoms with Crippen molar-refractivity contribution in [3.8, 4) is 55.8 Å². The van der Waals surface area contributed by atoms with Crippen LogP contribution in [0.4, 0.5) is 17.1 Å². The van der Waals surface area contributed by atoms with Gasteiger partial charge in [0.15, 0.2) is 0 Å². The molecule has 0 unspecified atom stereocenters. The third kappa shape index (κ3) is 6.02. The molecule has 304 valence electrons. The second-order valence-electron chi connectivity index (χ2n) is 17.8. The molecule has 0 atom stereocenters. The number of anilines is 3. The van der Waals surface area contributed by atoms with Crippen molar-refractivity contribution in [2.24, 2.45) is 7.05 Å². The fraction of sp³-hybridized carbons (Fsp3) is 0.0645. The Morgan fingerprint density at radius 1 is 0.375 bits per heavy atom. The molecule has 1 aliphatic rings. The lowest BCUT2D eigenvalue weighted by Gasteiger charge is -2.28. The highest BCUT2D eigenvalue weighted by Crippen LogP contribution is 2.51. The summed E-state index contributed by atoms with van der Waals surface area (Å²) in [5.41, 5.74) is 19.6. The van der Waals surface area contributed by atoms with Crippen LogP contribution in [0.15, 0.2) is 224 Å². The molecule has 0 spiro atoms. The van der Waals surface area contributed by atoms with E-state index in [1.54, 1.807) is 0 Å². The number of aromatic nitrogens is 1. The number of benzene rings is 10. The van der Waals surface area contributed by atoms with Crippen molar-refractivity contribution in [2.75, 3.05) is 4.90 Å². The van der Waals surface area contributed by atoms with Gasteiger partial charge in [0.25, 0.3) is 0 Å². The Kier molecular flexibility index (Phi) is 8.77. The third-order valence-corrected chi connectivity index (χ3v) is 13.8. The zero-order chi connectivity index (χ0) is 42.9. The molecule has 1 heterocycles. The van der Waals surface area contributed by atoms with Gasteiger partial charge in [0.2, 0.25) is 0 Å². The molecule has 0 bridgehead atoms. The van der Waals surface area contributed by atoms with Crippen molar-refractivity contribution >= 4 is 49.5 Å². The molecule has 12 rings (SSSR count). The number of hydrogen-bond acceptors (Lipinski definition) is 1. The zero-order valence-corrected chi connectivity index (χ0v) is 36.3. The summed E-state index contributed by atoms with van der Waals surface area (Å²) < 4.78 is 2.36. The third-order valence-electron chi connectivity index (χ3n) is 13.8. The van der Waals surface area contributed by atoms with Crippen LogP contribution < -0.4 is 4.90 Å². The standard InChI is InChI=1S/C62H46N2/c1-62(2)56-23-12-11-21-54(56)55-38-37-50(40-57(55)62)64(49-35-30-45(31-36-49)52-22-13-18-43-14-7-9-19-51(43)52)48-33-28-42(29-34-48)41-24-26-46(27-25-41)59-60-53-20-10-8-15-44(53)32-39-58(60)63(3)61(59)47-16-5-4-6-17-47/h4-40H,1-3H3. The Hall–Kier alpha value is -7.94. The van der Waals surface area contributed by atoms with Gasteiger partial charge in [0, 0.05) is 46.0 Å². The minimum absolute atomic E-state index is 0.108. The van der Waals surface area contributed by atoms with Crippen molar-refractivity contribution in [1.82, 2.24) is 4.57 Å². The fourth-order valence-corrected chi connectivity index (χ4v) is 10.6. The van der Waals surface area contributed by atoms with E-state index in [1.807, 2.05) is 0 Å². The lowest BCUT2D eigenvalue weighted by atomic mass is 9.82. The summed E-state index contributed by atoms with van der Waals surface area (Å²) in [5, 5.41) is 6.33. The van der Waals surface area contributed by atoms with Gasteiger partial charge < -0.3 is 9.47 Å². The summed E-state index contributed by atoms with van der Waals surface area (Å²) in [7, 11) is 2.20. The molecule has 0 fully saturated rings. The molecule has 0 saturated heterocycles. The molecule has 0 aliphatic heterocycles. The molecule has 2 heteroatoms. The normalized spacial score (nSPS) is 12.7. The van der Waals surface area contributed by atoms with Gasteiger partial charge in [-0.25, -0.2) is 0 Å². The van der Waals surface area contributed by atoms with E-state index in [0.717, 1.165) is 17.1 Å². The Morgan fingerprint density at radius 3 is 1.64 bits per heavy atom. The van der Waals surface area contributed by atoms with Crippen LogP contribution in [0.3, 0.4) is 0 Å². The van der Waals surface area contributed by atoms with E-state index >= 15 is 0 Å². The molecular formula is C62H46N2. The Morgan fingerprint density at radius 2 is 0.906 bits per heavy atom. The van der Waals surface area contributed by atoms with E-state index in [-0.39, 0.29) is 5.41 Å². The van der Waals surface area contributed by atoms with Crippen LogP contribution in [-0.4, -0.2) is 4.57 Å². The average Bonchev–Trinajstić information content (AvgIpc) is 3.78. The minimum atomic E-state index is -0.108. The zero-order valence-electron chi connectivity index (χ0n) is 36.3. The monoisotopic (exact) mass is 818 g/mol. The van der Waals surface area contributed by atoms with Crippen molar-refractivity contribution in [2.45, 2.75) is 19.3 Å². The van der Waals surface area contributed by atoms with Gasteiger partial charge in [-0.1, -0.05) is 196 Å². The van der Waals surface area contributed by atoms with Crippen LogP contribution in [0.2, 0.25) is 0 Å². The Bertz CT molecular complexity index is 3550. The predicted molar refractivity (Wildman–Crippen MR) is 272 cm³/mol. The molecule has 10 aromatic carbocycles. The number of nitrogens with zero attached hydrogens (tertiary/aromatic N) is 2. The van der Waals surface area contributed by atoms with Gasteiger partial charge in [0.1, 0.15) is 0 Å². The SMILES string of the molecule is Cn1c(-c2ccccc2)c(-c2ccc(-c3ccc(N(c4ccc(-c5cccc6ccccc56)cc4)c4ccc5c(c4)C(C)(C)c4ccccc4-5)cc3)cc2)c2c3ccccc3ccc21. The minimum Gasteiger partial charge on any atom is -0.343 e. The first-order chi connectivity index (χ1) is 31.4. The molecule has 64 heavy (non-hydrogen) atoms. The van der Waals surface area contributed by atoms with E-state index in [1.165, 1.54) is 99.3 Å². The van der Waals surface area contributed by atoms with E-state index < -0.39 is 0 Å².